The summed E-state index contributed by atoms with van der Waals surface area (Å²) < 4.78 is 24.4. The first-order chi connectivity index (χ1) is 9.34. The maximum Gasteiger partial charge on any atom is 0.296 e. The molecule has 0 saturated heterocycles. The number of benzene rings is 1. The van der Waals surface area contributed by atoms with Crippen molar-refractivity contribution in [3.63, 3.8) is 0 Å². The summed E-state index contributed by atoms with van der Waals surface area (Å²) in [5, 5.41) is 7.41. The summed E-state index contributed by atoms with van der Waals surface area (Å²) in [4.78, 5) is 1.95. The third-order valence-corrected chi connectivity index (χ3v) is 4.02. The van der Waals surface area contributed by atoms with Crippen LogP contribution >= 0.6 is 10.7 Å². The fourth-order valence-electron chi connectivity index (χ4n) is 1.89. The molecule has 2 rings (SSSR count). The third kappa shape index (κ3) is 2.78. The highest BCUT2D eigenvalue weighted by atomic mass is 35.7. The second-order valence-electron chi connectivity index (χ2n) is 4.43. The lowest BCUT2D eigenvalue weighted by Gasteiger charge is -2.13. The van der Waals surface area contributed by atoms with Gasteiger partial charge in [-0.2, -0.15) is 0 Å². The third-order valence-electron chi connectivity index (χ3n) is 2.87. The van der Waals surface area contributed by atoms with Gasteiger partial charge in [0, 0.05) is 42.6 Å². The Balaban J connectivity index is 2.59. The number of aromatic nitrogens is 3. The molecular formula is C12H15ClN4O2S. The molecule has 0 amide bonds. The molecule has 6 nitrogen and oxygen atoms in total. The van der Waals surface area contributed by atoms with Gasteiger partial charge in [0.2, 0.25) is 0 Å². The van der Waals surface area contributed by atoms with Crippen molar-refractivity contribution >= 4 is 25.4 Å². The molecule has 1 heterocycles. The minimum Gasteiger partial charge on any atom is -0.378 e. The van der Waals surface area contributed by atoms with Crippen molar-refractivity contribution in [2.24, 2.45) is 0 Å². The normalized spacial score (nSPS) is 11.6. The van der Waals surface area contributed by atoms with E-state index in [0.29, 0.717) is 12.4 Å². The van der Waals surface area contributed by atoms with E-state index in [-0.39, 0.29) is 5.16 Å². The highest BCUT2D eigenvalue weighted by Gasteiger charge is 2.22. The number of nitrogens with zero attached hydrogens (tertiary/aromatic N) is 4. The zero-order chi connectivity index (χ0) is 14.9. The van der Waals surface area contributed by atoms with E-state index in [1.54, 1.807) is 0 Å². The summed E-state index contributed by atoms with van der Waals surface area (Å²) in [6.07, 6.45) is 0. The van der Waals surface area contributed by atoms with Crippen LogP contribution < -0.4 is 4.90 Å². The van der Waals surface area contributed by atoms with Crippen LogP contribution in [0.25, 0.3) is 11.4 Å². The molecule has 0 unspecified atom stereocenters. The van der Waals surface area contributed by atoms with Crippen molar-refractivity contribution in [1.82, 2.24) is 14.8 Å². The minimum atomic E-state index is -3.91. The van der Waals surface area contributed by atoms with Crippen LogP contribution in [0.1, 0.15) is 6.92 Å². The number of hydrogen-bond donors (Lipinski definition) is 0. The second-order valence-corrected chi connectivity index (χ2v) is 6.89. The molecule has 0 radical (unpaired) electrons. The molecule has 0 fully saturated rings. The van der Waals surface area contributed by atoms with Gasteiger partial charge < -0.3 is 4.90 Å². The zero-order valence-electron chi connectivity index (χ0n) is 11.4. The lowest BCUT2D eigenvalue weighted by atomic mass is 10.2. The van der Waals surface area contributed by atoms with E-state index < -0.39 is 9.05 Å². The van der Waals surface area contributed by atoms with Crippen LogP contribution in [0.15, 0.2) is 29.4 Å². The first-order valence-electron chi connectivity index (χ1n) is 6.00. The molecule has 8 heteroatoms. The van der Waals surface area contributed by atoms with Gasteiger partial charge in [-0.25, -0.2) is 8.42 Å². The Hall–Kier alpha value is -1.60. The van der Waals surface area contributed by atoms with Gasteiger partial charge >= 0.3 is 0 Å². The predicted molar refractivity (Wildman–Crippen MR) is 78.5 cm³/mol. The summed E-state index contributed by atoms with van der Waals surface area (Å²) in [6, 6.07) is 7.61. The maximum absolute atomic E-state index is 11.5. The molecule has 2 aromatic rings. The van der Waals surface area contributed by atoms with E-state index in [1.807, 2.05) is 50.2 Å². The van der Waals surface area contributed by atoms with Gasteiger partial charge in [0.05, 0.1) is 0 Å². The molecular weight excluding hydrogens is 300 g/mol. The monoisotopic (exact) mass is 314 g/mol. The van der Waals surface area contributed by atoms with Gasteiger partial charge in [-0.15, -0.1) is 10.2 Å². The minimum absolute atomic E-state index is 0.230. The molecule has 1 aromatic carbocycles. The molecule has 20 heavy (non-hydrogen) atoms. The van der Waals surface area contributed by atoms with Crippen LogP contribution in [0, 0.1) is 0 Å². The van der Waals surface area contributed by atoms with E-state index in [9.17, 15) is 8.42 Å². The van der Waals surface area contributed by atoms with Crippen LogP contribution in [0.3, 0.4) is 0 Å². The average Bonchev–Trinajstić information content (AvgIpc) is 2.82. The van der Waals surface area contributed by atoms with Crippen molar-refractivity contribution in [3.8, 4) is 11.4 Å². The number of halogens is 1. The topological polar surface area (TPSA) is 68.1 Å². The number of anilines is 1. The lowest BCUT2D eigenvalue weighted by molar-refractivity contribution is 0.583. The van der Waals surface area contributed by atoms with Gasteiger partial charge in [-0.1, -0.05) is 12.1 Å². The largest absolute Gasteiger partial charge is 0.378 e. The highest BCUT2D eigenvalue weighted by Crippen LogP contribution is 2.25. The van der Waals surface area contributed by atoms with Crippen LogP contribution in [0.2, 0.25) is 0 Å². The van der Waals surface area contributed by atoms with Gasteiger partial charge in [0.1, 0.15) is 0 Å². The molecule has 0 spiro atoms. The van der Waals surface area contributed by atoms with E-state index in [2.05, 4.69) is 10.2 Å². The Kier molecular flexibility index (Phi) is 4.01. The Labute approximate surface area is 122 Å². The number of hydrogen-bond acceptors (Lipinski definition) is 5. The van der Waals surface area contributed by atoms with Crippen LogP contribution in [-0.2, 0) is 15.6 Å². The average molecular weight is 315 g/mol. The molecule has 0 aliphatic heterocycles. The van der Waals surface area contributed by atoms with Crippen LogP contribution in [0.5, 0.6) is 0 Å². The molecule has 0 aliphatic carbocycles. The van der Waals surface area contributed by atoms with E-state index in [0.717, 1.165) is 11.3 Å². The summed E-state index contributed by atoms with van der Waals surface area (Å²) in [5.74, 6) is 0.482. The molecule has 0 atom stereocenters. The fourth-order valence-corrected chi connectivity index (χ4v) is 2.85. The number of rotatable bonds is 4. The van der Waals surface area contributed by atoms with Crippen molar-refractivity contribution < 1.29 is 8.42 Å². The smallest absolute Gasteiger partial charge is 0.296 e. The predicted octanol–water partition coefficient (Wildman–Crippen LogP) is 1.96. The summed E-state index contributed by atoms with van der Waals surface area (Å²) >= 11 is 0. The van der Waals surface area contributed by atoms with Crippen LogP contribution in [-0.4, -0.2) is 37.3 Å². The van der Waals surface area contributed by atoms with Gasteiger partial charge in [-0.3, -0.25) is 4.57 Å². The quantitative estimate of drug-likeness (QED) is 0.807. The highest BCUT2D eigenvalue weighted by molar-refractivity contribution is 8.13. The summed E-state index contributed by atoms with van der Waals surface area (Å²) in [5.41, 5.74) is 1.78. The summed E-state index contributed by atoms with van der Waals surface area (Å²) in [7, 11) is 5.32. The first kappa shape index (κ1) is 14.8. The molecule has 0 N–H and O–H groups in total. The van der Waals surface area contributed by atoms with Gasteiger partial charge in [0.15, 0.2) is 5.82 Å². The molecule has 0 aliphatic rings. The van der Waals surface area contributed by atoms with E-state index in [4.69, 9.17) is 10.7 Å². The molecule has 108 valence electrons. The standard InChI is InChI=1S/C12H15ClN4O2S/c1-4-17-11(14-15-12(17)20(13,18)19)9-6-5-7-10(8-9)16(2)3/h5-8H,4H2,1-3H3. The lowest BCUT2D eigenvalue weighted by Crippen LogP contribution is -2.09. The Bertz CT molecular complexity index is 725. The fraction of sp³-hybridized carbons (Fsp3) is 0.333. The van der Waals surface area contributed by atoms with Crippen molar-refractivity contribution in [1.29, 1.82) is 0 Å². The maximum atomic E-state index is 11.5. The summed E-state index contributed by atoms with van der Waals surface area (Å²) in [6.45, 7) is 2.23. The van der Waals surface area contributed by atoms with Crippen molar-refractivity contribution in [2.45, 2.75) is 18.6 Å². The van der Waals surface area contributed by atoms with E-state index >= 15 is 0 Å². The van der Waals surface area contributed by atoms with Gasteiger partial charge in [-0.05, 0) is 19.1 Å². The van der Waals surface area contributed by atoms with Crippen molar-refractivity contribution in [2.75, 3.05) is 19.0 Å². The molecule has 0 saturated carbocycles. The first-order valence-corrected chi connectivity index (χ1v) is 8.31. The Morgan fingerprint density at radius 1 is 1.30 bits per heavy atom. The Morgan fingerprint density at radius 2 is 2.00 bits per heavy atom. The van der Waals surface area contributed by atoms with Gasteiger partial charge in [0.25, 0.3) is 14.2 Å². The van der Waals surface area contributed by atoms with Crippen LogP contribution in [0.4, 0.5) is 5.69 Å². The van der Waals surface area contributed by atoms with E-state index in [1.165, 1.54) is 4.57 Å². The molecule has 1 aromatic heterocycles. The Morgan fingerprint density at radius 3 is 2.55 bits per heavy atom. The molecule has 0 bridgehead atoms. The van der Waals surface area contributed by atoms with Crippen molar-refractivity contribution in [3.05, 3.63) is 24.3 Å². The zero-order valence-corrected chi connectivity index (χ0v) is 13.0. The second kappa shape index (κ2) is 5.41. The SMILES string of the molecule is CCn1c(-c2cccc(N(C)C)c2)nnc1S(=O)(=O)Cl.